The Bertz CT molecular complexity index is 388. The number of nitrogens with one attached hydrogen (secondary N) is 1. The summed E-state index contributed by atoms with van der Waals surface area (Å²) >= 11 is 0. The molecule has 1 fully saturated rings. The number of piperidine rings is 1. The highest BCUT2D eigenvalue weighted by Gasteiger charge is 2.30. The Labute approximate surface area is 145 Å². The minimum absolute atomic E-state index is 0. The zero-order chi connectivity index (χ0) is 16.9. The Morgan fingerprint density at radius 3 is 2.09 bits per heavy atom. The molecule has 0 aliphatic carbocycles. The van der Waals surface area contributed by atoms with Gasteiger partial charge in [-0.1, -0.05) is 13.8 Å². The van der Waals surface area contributed by atoms with Crippen molar-refractivity contribution in [3.63, 3.8) is 0 Å². The third-order valence-electron chi connectivity index (χ3n) is 3.68. The standard InChI is InChI=1S/C16H30N2O4.ClH/c1-11(2)13(14(19)21-6)17-12-7-9-18(10-8-12)15(20)22-16(3,4)5;/h11-13,17H,7-10H2,1-6H3;1H/t13-;/m0./s1. The van der Waals surface area contributed by atoms with Gasteiger partial charge in [-0.3, -0.25) is 4.79 Å². The molecule has 1 rings (SSSR count). The van der Waals surface area contributed by atoms with E-state index in [1.54, 1.807) is 4.90 Å². The SMILES string of the molecule is COC(=O)[C@@H](NC1CCN(C(=O)OC(C)(C)C)CC1)C(C)C.Cl. The van der Waals surface area contributed by atoms with E-state index in [-0.39, 0.29) is 42.5 Å². The number of carbonyl (C=O) groups excluding carboxylic acids is 2. The fourth-order valence-electron chi connectivity index (χ4n) is 2.47. The predicted molar refractivity (Wildman–Crippen MR) is 91.9 cm³/mol. The van der Waals surface area contributed by atoms with Crippen molar-refractivity contribution in [2.45, 2.75) is 65.1 Å². The summed E-state index contributed by atoms with van der Waals surface area (Å²) in [6.07, 6.45) is 1.35. The first-order valence-electron chi connectivity index (χ1n) is 7.96. The summed E-state index contributed by atoms with van der Waals surface area (Å²) in [5.74, 6) is -0.0686. The van der Waals surface area contributed by atoms with Gasteiger partial charge in [-0.05, 0) is 39.5 Å². The van der Waals surface area contributed by atoms with Gasteiger partial charge in [0.05, 0.1) is 7.11 Å². The number of amides is 1. The molecule has 1 atom stereocenters. The molecule has 0 saturated carbocycles. The van der Waals surface area contributed by atoms with Crippen molar-refractivity contribution in [2.75, 3.05) is 20.2 Å². The lowest BCUT2D eigenvalue weighted by atomic mass is 9.99. The minimum atomic E-state index is -0.472. The summed E-state index contributed by atoms with van der Waals surface area (Å²) in [5, 5.41) is 3.36. The molecule has 23 heavy (non-hydrogen) atoms. The van der Waals surface area contributed by atoms with E-state index in [0.29, 0.717) is 13.1 Å². The number of nitrogens with zero attached hydrogens (tertiary/aromatic N) is 1. The first-order chi connectivity index (χ1) is 10.1. The molecule has 0 aromatic heterocycles. The molecule has 0 spiro atoms. The number of ether oxygens (including phenoxy) is 2. The van der Waals surface area contributed by atoms with E-state index in [4.69, 9.17) is 9.47 Å². The lowest BCUT2D eigenvalue weighted by molar-refractivity contribution is -0.144. The van der Waals surface area contributed by atoms with Gasteiger partial charge in [-0.15, -0.1) is 12.4 Å². The van der Waals surface area contributed by atoms with Crippen LogP contribution in [0.1, 0.15) is 47.5 Å². The molecule has 0 aromatic rings. The fourth-order valence-corrected chi connectivity index (χ4v) is 2.47. The number of halogens is 1. The van der Waals surface area contributed by atoms with Crippen LogP contribution in [0.5, 0.6) is 0 Å². The smallest absolute Gasteiger partial charge is 0.410 e. The average molecular weight is 351 g/mol. The number of esters is 1. The van der Waals surface area contributed by atoms with Crippen LogP contribution in [0.2, 0.25) is 0 Å². The Morgan fingerprint density at radius 2 is 1.70 bits per heavy atom. The molecule has 136 valence electrons. The number of carbonyl (C=O) groups is 2. The normalized spacial score (nSPS) is 17.4. The highest BCUT2D eigenvalue weighted by molar-refractivity contribution is 5.85. The average Bonchev–Trinajstić information content (AvgIpc) is 2.42. The van der Waals surface area contributed by atoms with Gasteiger partial charge in [0.15, 0.2) is 0 Å². The largest absolute Gasteiger partial charge is 0.468 e. The molecular weight excluding hydrogens is 320 g/mol. The predicted octanol–water partition coefficient (Wildman–Crippen LogP) is 2.59. The summed E-state index contributed by atoms with van der Waals surface area (Å²) in [4.78, 5) is 25.5. The minimum Gasteiger partial charge on any atom is -0.468 e. The van der Waals surface area contributed by atoms with Crippen LogP contribution >= 0.6 is 12.4 Å². The Kier molecular flexibility index (Phi) is 8.92. The molecule has 0 aromatic carbocycles. The van der Waals surface area contributed by atoms with Crippen LogP contribution in [0.4, 0.5) is 4.79 Å². The van der Waals surface area contributed by atoms with Crippen LogP contribution in [0.3, 0.4) is 0 Å². The van der Waals surface area contributed by atoms with E-state index >= 15 is 0 Å². The zero-order valence-corrected chi connectivity index (χ0v) is 15.9. The van der Waals surface area contributed by atoms with Crippen molar-refractivity contribution >= 4 is 24.5 Å². The van der Waals surface area contributed by atoms with Gasteiger partial charge in [0, 0.05) is 19.1 Å². The molecule has 7 heteroatoms. The molecule has 1 aliphatic heterocycles. The van der Waals surface area contributed by atoms with Gasteiger partial charge >= 0.3 is 12.1 Å². The number of likely N-dealkylation sites (tertiary alicyclic amines) is 1. The fraction of sp³-hybridized carbons (Fsp3) is 0.875. The second-order valence-corrected chi connectivity index (χ2v) is 7.15. The highest BCUT2D eigenvalue weighted by Crippen LogP contribution is 2.17. The lowest BCUT2D eigenvalue weighted by Gasteiger charge is -2.35. The molecule has 0 bridgehead atoms. The molecule has 1 heterocycles. The van der Waals surface area contributed by atoms with Gasteiger partial charge in [0.25, 0.3) is 0 Å². The van der Waals surface area contributed by atoms with E-state index in [0.717, 1.165) is 12.8 Å². The van der Waals surface area contributed by atoms with Crippen LogP contribution in [-0.4, -0.2) is 54.8 Å². The second-order valence-electron chi connectivity index (χ2n) is 7.15. The first kappa shape index (κ1) is 22.0. The van der Waals surface area contributed by atoms with Gasteiger partial charge in [-0.25, -0.2) is 4.79 Å². The number of hydrogen-bond acceptors (Lipinski definition) is 5. The van der Waals surface area contributed by atoms with E-state index in [1.807, 2.05) is 34.6 Å². The van der Waals surface area contributed by atoms with Crippen molar-refractivity contribution < 1.29 is 19.1 Å². The summed E-state index contributed by atoms with van der Waals surface area (Å²) < 4.78 is 10.2. The number of methoxy groups -OCH3 is 1. The molecule has 1 N–H and O–H groups in total. The maximum Gasteiger partial charge on any atom is 0.410 e. The Hall–Kier alpha value is -1.01. The summed E-state index contributed by atoms with van der Waals surface area (Å²) in [6.45, 7) is 10.8. The molecule has 1 amide bonds. The molecule has 0 unspecified atom stereocenters. The van der Waals surface area contributed by atoms with Crippen molar-refractivity contribution in [1.29, 1.82) is 0 Å². The van der Waals surface area contributed by atoms with Gasteiger partial charge in [-0.2, -0.15) is 0 Å². The highest BCUT2D eigenvalue weighted by atomic mass is 35.5. The Balaban J connectivity index is 0.00000484. The number of rotatable bonds is 4. The topological polar surface area (TPSA) is 67.9 Å². The summed E-state index contributed by atoms with van der Waals surface area (Å²) in [5.41, 5.74) is -0.472. The van der Waals surface area contributed by atoms with Crippen LogP contribution in [0.15, 0.2) is 0 Å². The first-order valence-corrected chi connectivity index (χ1v) is 7.96. The van der Waals surface area contributed by atoms with Gasteiger partial charge < -0.3 is 19.7 Å². The molecule has 6 nitrogen and oxygen atoms in total. The van der Waals surface area contributed by atoms with Gasteiger partial charge in [0.1, 0.15) is 11.6 Å². The number of hydrogen-bond donors (Lipinski definition) is 1. The quantitative estimate of drug-likeness (QED) is 0.789. The van der Waals surface area contributed by atoms with E-state index in [2.05, 4.69) is 5.32 Å². The lowest BCUT2D eigenvalue weighted by Crippen LogP contribution is -2.52. The van der Waals surface area contributed by atoms with Crippen LogP contribution in [0, 0.1) is 5.92 Å². The molecular formula is C16H31ClN2O4. The van der Waals surface area contributed by atoms with Crippen LogP contribution in [-0.2, 0) is 14.3 Å². The summed E-state index contributed by atoms with van der Waals surface area (Å²) in [6, 6.07) is -0.0896. The third kappa shape index (κ3) is 7.40. The van der Waals surface area contributed by atoms with Gasteiger partial charge in [0.2, 0.25) is 0 Å². The summed E-state index contributed by atoms with van der Waals surface area (Å²) in [7, 11) is 1.41. The second kappa shape index (κ2) is 9.33. The van der Waals surface area contributed by atoms with Crippen LogP contribution in [0.25, 0.3) is 0 Å². The Morgan fingerprint density at radius 1 is 1.17 bits per heavy atom. The van der Waals surface area contributed by atoms with Crippen LogP contribution < -0.4 is 5.32 Å². The molecule has 0 radical (unpaired) electrons. The van der Waals surface area contributed by atoms with Crippen molar-refractivity contribution in [3.8, 4) is 0 Å². The maximum absolute atomic E-state index is 12.0. The van der Waals surface area contributed by atoms with Crippen molar-refractivity contribution in [1.82, 2.24) is 10.2 Å². The molecule has 1 saturated heterocycles. The monoisotopic (exact) mass is 350 g/mol. The third-order valence-corrected chi connectivity index (χ3v) is 3.68. The maximum atomic E-state index is 12.0. The van der Waals surface area contributed by atoms with E-state index in [1.165, 1.54) is 7.11 Å². The van der Waals surface area contributed by atoms with Crippen molar-refractivity contribution in [2.24, 2.45) is 5.92 Å². The van der Waals surface area contributed by atoms with E-state index in [9.17, 15) is 9.59 Å². The molecule has 1 aliphatic rings. The van der Waals surface area contributed by atoms with E-state index < -0.39 is 5.60 Å². The zero-order valence-electron chi connectivity index (χ0n) is 15.0. The van der Waals surface area contributed by atoms with Crippen molar-refractivity contribution in [3.05, 3.63) is 0 Å².